The molecule has 2 aromatic rings. The van der Waals surface area contributed by atoms with Crippen LogP contribution < -0.4 is 11.5 Å². The van der Waals surface area contributed by atoms with Crippen molar-refractivity contribution in [1.82, 2.24) is 14.6 Å². The van der Waals surface area contributed by atoms with Crippen molar-refractivity contribution >= 4 is 23.3 Å². The maximum atomic E-state index is 11.1. The summed E-state index contributed by atoms with van der Waals surface area (Å²) in [5.74, 6) is 0.348. The Morgan fingerprint density at radius 3 is 3.00 bits per heavy atom. The van der Waals surface area contributed by atoms with Crippen molar-refractivity contribution in [2.45, 2.75) is 30.5 Å². The summed E-state index contributed by atoms with van der Waals surface area (Å²) in [6, 6.07) is 5.76. The number of carbonyl (C=O) groups is 1. The van der Waals surface area contributed by atoms with E-state index < -0.39 is 11.4 Å². The van der Waals surface area contributed by atoms with Crippen molar-refractivity contribution in [2.24, 2.45) is 11.5 Å². The van der Waals surface area contributed by atoms with Gasteiger partial charge in [-0.15, -0.1) is 10.2 Å². The van der Waals surface area contributed by atoms with Gasteiger partial charge in [0.15, 0.2) is 10.8 Å². The molecule has 4 N–H and O–H groups in total. The minimum Gasteiger partial charge on any atom is -0.368 e. The van der Waals surface area contributed by atoms with Gasteiger partial charge in [-0.1, -0.05) is 17.8 Å². The molecule has 1 amide bonds. The Kier molecular flexibility index (Phi) is 4.06. The second-order valence-electron chi connectivity index (χ2n) is 4.65. The Labute approximate surface area is 115 Å². The van der Waals surface area contributed by atoms with Gasteiger partial charge in [0, 0.05) is 11.9 Å². The third-order valence-electron chi connectivity index (χ3n) is 2.92. The molecule has 1 atom stereocenters. The molecular weight excluding hydrogens is 262 g/mol. The largest absolute Gasteiger partial charge is 0.368 e. The normalized spacial score (nSPS) is 14.4. The molecule has 0 aliphatic heterocycles. The number of nitrogens with two attached hydrogens (primary N) is 2. The molecule has 0 spiro atoms. The maximum Gasteiger partial charge on any atom is 0.237 e. The smallest absolute Gasteiger partial charge is 0.237 e. The molecule has 1 unspecified atom stereocenters. The van der Waals surface area contributed by atoms with Gasteiger partial charge < -0.3 is 11.5 Å². The first-order chi connectivity index (χ1) is 9.00. The van der Waals surface area contributed by atoms with Crippen LogP contribution in [0.15, 0.2) is 29.6 Å². The summed E-state index contributed by atoms with van der Waals surface area (Å²) in [6.07, 6.45) is 3.28. The highest BCUT2D eigenvalue weighted by Crippen LogP contribution is 2.19. The maximum absolute atomic E-state index is 11.1. The summed E-state index contributed by atoms with van der Waals surface area (Å²) in [7, 11) is 0. The van der Waals surface area contributed by atoms with E-state index in [4.69, 9.17) is 11.5 Å². The summed E-state index contributed by atoms with van der Waals surface area (Å²) < 4.78 is 1.93. The fourth-order valence-corrected chi connectivity index (χ4v) is 2.51. The molecule has 0 fully saturated rings. The van der Waals surface area contributed by atoms with Crippen molar-refractivity contribution in [1.29, 1.82) is 0 Å². The number of thioether (sulfide) groups is 1. The van der Waals surface area contributed by atoms with Crippen LogP contribution >= 0.6 is 11.8 Å². The van der Waals surface area contributed by atoms with E-state index >= 15 is 0 Å². The molecule has 0 bridgehead atoms. The van der Waals surface area contributed by atoms with Crippen molar-refractivity contribution in [3.63, 3.8) is 0 Å². The number of fused-ring (bicyclic) bond motifs is 1. The zero-order valence-electron chi connectivity index (χ0n) is 10.7. The van der Waals surface area contributed by atoms with Gasteiger partial charge in [0.1, 0.15) is 0 Å². The Balaban J connectivity index is 1.88. The van der Waals surface area contributed by atoms with E-state index in [2.05, 4.69) is 10.2 Å². The molecule has 102 valence electrons. The van der Waals surface area contributed by atoms with E-state index in [1.165, 1.54) is 0 Å². The zero-order chi connectivity index (χ0) is 13.9. The molecule has 2 rings (SSSR count). The van der Waals surface area contributed by atoms with Gasteiger partial charge in [-0.25, -0.2) is 0 Å². The zero-order valence-corrected chi connectivity index (χ0v) is 11.6. The summed E-state index contributed by atoms with van der Waals surface area (Å²) in [5, 5.41) is 9.03. The van der Waals surface area contributed by atoms with Crippen molar-refractivity contribution in [3.8, 4) is 0 Å². The lowest BCUT2D eigenvalue weighted by Gasteiger charge is -2.19. The Morgan fingerprint density at radius 2 is 2.26 bits per heavy atom. The van der Waals surface area contributed by atoms with Crippen LogP contribution in [0.5, 0.6) is 0 Å². The first kappa shape index (κ1) is 13.8. The fourth-order valence-electron chi connectivity index (χ4n) is 1.64. The molecule has 0 radical (unpaired) electrons. The number of hydrogen-bond acceptors (Lipinski definition) is 5. The van der Waals surface area contributed by atoms with E-state index in [0.717, 1.165) is 23.0 Å². The van der Waals surface area contributed by atoms with E-state index in [1.54, 1.807) is 18.7 Å². The van der Waals surface area contributed by atoms with Crippen LogP contribution in [-0.2, 0) is 4.79 Å². The molecule has 7 heteroatoms. The number of nitrogens with zero attached hydrogens (tertiary/aromatic N) is 3. The number of hydrogen-bond donors (Lipinski definition) is 2. The second kappa shape index (κ2) is 5.58. The van der Waals surface area contributed by atoms with Gasteiger partial charge in [-0.2, -0.15) is 0 Å². The summed E-state index contributed by atoms with van der Waals surface area (Å²) >= 11 is 1.59. The highest BCUT2D eigenvalue weighted by molar-refractivity contribution is 7.99. The Bertz CT molecular complexity index is 580. The lowest BCUT2D eigenvalue weighted by Crippen LogP contribution is -2.49. The highest BCUT2D eigenvalue weighted by Gasteiger charge is 2.24. The predicted octanol–water partition coefficient (Wildman–Crippen LogP) is 0.804. The molecule has 2 aromatic heterocycles. The summed E-state index contributed by atoms with van der Waals surface area (Å²) in [6.45, 7) is 1.66. The van der Waals surface area contributed by atoms with Gasteiger partial charge in [0.2, 0.25) is 5.91 Å². The molecule has 0 aliphatic carbocycles. The van der Waals surface area contributed by atoms with Gasteiger partial charge in [0.05, 0.1) is 5.54 Å². The van der Waals surface area contributed by atoms with Crippen molar-refractivity contribution < 1.29 is 4.79 Å². The fraction of sp³-hybridized carbons (Fsp3) is 0.417. The molecule has 0 saturated heterocycles. The third kappa shape index (κ3) is 3.24. The Hall–Kier alpha value is -1.60. The molecule has 2 heterocycles. The topological polar surface area (TPSA) is 99.3 Å². The minimum atomic E-state index is -0.937. The predicted molar refractivity (Wildman–Crippen MR) is 74.7 cm³/mol. The monoisotopic (exact) mass is 279 g/mol. The van der Waals surface area contributed by atoms with E-state index in [0.29, 0.717) is 6.42 Å². The van der Waals surface area contributed by atoms with Crippen molar-refractivity contribution in [3.05, 3.63) is 24.4 Å². The van der Waals surface area contributed by atoms with Crippen molar-refractivity contribution in [2.75, 3.05) is 5.75 Å². The highest BCUT2D eigenvalue weighted by atomic mass is 32.2. The average Bonchev–Trinajstić information content (AvgIpc) is 2.78. The SMILES string of the molecule is CC(N)(CCCSc1nnc2ccccn12)C(N)=O. The molecule has 0 aromatic carbocycles. The number of primary amides is 1. The molecule has 0 saturated carbocycles. The van der Waals surface area contributed by atoms with E-state index in [1.807, 2.05) is 28.8 Å². The average molecular weight is 279 g/mol. The molecular formula is C12H17N5OS. The number of rotatable bonds is 6. The van der Waals surface area contributed by atoms with E-state index in [9.17, 15) is 4.79 Å². The van der Waals surface area contributed by atoms with Gasteiger partial charge in [-0.3, -0.25) is 9.20 Å². The summed E-state index contributed by atoms with van der Waals surface area (Å²) in [4.78, 5) is 11.1. The number of carbonyl (C=O) groups excluding carboxylic acids is 1. The first-order valence-electron chi connectivity index (χ1n) is 6.02. The van der Waals surface area contributed by atoms with Crippen LogP contribution in [-0.4, -0.2) is 31.8 Å². The summed E-state index contributed by atoms with van der Waals surface area (Å²) in [5.41, 5.74) is 10.9. The molecule has 19 heavy (non-hydrogen) atoms. The standard InChI is InChI=1S/C12H17N5OS/c1-12(14,10(13)18)6-4-8-19-11-16-15-9-5-2-3-7-17(9)11/h2-3,5,7H,4,6,8,14H2,1H3,(H2,13,18). The second-order valence-corrected chi connectivity index (χ2v) is 5.71. The lowest BCUT2D eigenvalue weighted by molar-refractivity contribution is -0.122. The van der Waals surface area contributed by atoms with Crippen LogP contribution in [0.25, 0.3) is 5.65 Å². The first-order valence-corrected chi connectivity index (χ1v) is 7.00. The van der Waals surface area contributed by atoms with Crippen LogP contribution in [0.3, 0.4) is 0 Å². The van der Waals surface area contributed by atoms with Crippen LogP contribution in [0, 0.1) is 0 Å². The number of pyridine rings is 1. The van der Waals surface area contributed by atoms with Gasteiger partial charge >= 0.3 is 0 Å². The van der Waals surface area contributed by atoms with Crippen LogP contribution in [0.4, 0.5) is 0 Å². The van der Waals surface area contributed by atoms with Gasteiger partial charge in [0.25, 0.3) is 0 Å². The number of amides is 1. The quantitative estimate of drug-likeness (QED) is 0.602. The molecule has 6 nitrogen and oxygen atoms in total. The molecule has 0 aliphatic rings. The lowest BCUT2D eigenvalue weighted by atomic mass is 9.97. The van der Waals surface area contributed by atoms with Gasteiger partial charge in [-0.05, 0) is 31.9 Å². The van der Waals surface area contributed by atoms with E-state index in [-0.39, 0.29) is 0 Å². The minimum absolute atomic E-state index is 0.467. The Morgan fingerprint density at radius 1 is 1.47 bits per heavy atom. The number of aromatic nitrogens is 3. The third-order valence-corrected chi connectivity index (χ3v) is 3.95. The van der Waals surface area contributed by atoms with Crippen LogP contribution in [0.1, 0.15) is 19.8 Å². The van der Waals surface area contributed by atoms with Crippen LogP contribution in [0.2, 0.25) is 0 Å².